The summed E-state index contributed by atoms with van der Waals surface area (Å²) < 4.78 is 0. The van der Waals surface area contributed by atoms with E-state index in [1.54, 1.807) is 0 Å². The lowest BCUT2D eigenvalue weighted by molar-refractivity contribution is 0.117. The van der Waals surface area contributed by atoms with Gasteiger partial charge in [-0.25, -0.2) is 0 Å². The van der Waals surface area contributed by atoms with Crippen LogP contribution in [-0.4, -0.2) is 30.1 Å². The fraction of sp³-hybridized carbons (Fsp3) is 0.600. The number of hydrogen-bond donors (Lipinski definition) is 1. The molecule has 0 aliphatic carbocycles. The van der Waals surface area contributed by atoms with Crippen LogP contribution in [0.4, 0.5) is 0 Å². The molecular weight excluding hydrogens is 279 g/mol. The summed E-state index contributed by atoms with van der Waals surface area (Å²) in [4.78, 5) is 2.56. The maximum Gasteiger partial charge on any atom is 0.0595 e. The molecule has 19 heavy (non-hydrogen) atoms. The van der Waals surface area contributed by atoms with Crippen LogP contribution in [0.5, 0.6) is 0 Å². The van der Waals surface area contributed by atoms with Gasteiger partial charge in [0.25, 0.3) is 0 Å². The first-order valence-electron chi connectivity index (χ1n) is 7.05. The minimum atomic E-state index is 0.602. The Balaban J connectivity index is 2.07. The van der Waals surface area contributed by atoms with Gasteiger partial charge in [0, 0.05) is 31.7 Å². The van der Waals surface area contributed by atoms with Gasteiger partial charge in [-0.2, -0.15) is 0 Å². The van der Waals surface area contributed by atoms with E-state index in [1.807, 2.05) is 12.1 Å². The van der Waals surface area contributed by atoms with Gasteiger partial charge in [0.05, 0.1) is 10.0 Å². The molecular formula is C15H22Cl2N2. The molecule has 1 heterocycles. The topological polar surface area (TPSA) is 15.3 Å². The van der Waals surface area contributed by atoms with E-state index >= 15 is 0 Å². The number of benzene rings is 1. The molecule has 1 aromatic rings. The Kier molecular flexibility index (Phi) is 5.52. The van der Waals surface area contributed by atoms with Crippen LogP contribution in [0.2, 0.25) is 10.0 Å². The van der Waals surface area contributed by atoms with Crippen molar-refractivity contribution in [1.29, 1.82) is 0 Å². The third-order valence-corrected chi connectivity index (χ3v) is 4.69. The van der Waals surface area contributed by atoms with Crippen molar-refractivity contribution in [2.24, 2.45) is 0 Å². The molecule has 4 heteroatoms. The molecule has 1 fully saturated rings. The molecule has 0 saturated carbocycles. The summed E-state index contributed by atoms with van der Waals surface area (Å²) in [5, 5.41) is 4.89. The Labute approximate surface area is 126 Å². The maximum atomic E-state index is 6.09. The van der Waals surface area contributed by atoms with Crippen molar-refractivity contribution >= 4 is 23.2 Å². The monoisotopic (exact) mass is 300 g/mol. The largest absolute Gasteiger partial charge is 0.311 e. The molecule has 0 aromatic heterocycles. The number of nitrogens with one attached hydrogen (secondary N) is 1. The van der Waals surface area contributed by atoms with Crippen LogP contribution in [0.25, 0.3) is 0 Å². The van der Waals surface area contributed by atoms with E-state index in [9.17, 15) is 0 Å². The zero-order valence-corrected chi connectivity index (χ0v) is 13.1. The zero-order valence-electron chi connectivity index (χ0n) is 11.6. The summed E-state index contributed by atoms with van der Waals surface area (Å²) in [6.45, 7) is 7.63. The first-order valence-corrected chi connectivity index (χ1v) is 7.81. The van der Waals surface area contributed by atoms with Crippen LogP contribution in [0.15, 0.2) is 18.2 Å². The minimum absolute atomic E-state index is 0.602. The normalized spacial score (nSPS) is 24.6. The zero-order chi connectivity index (χ0) is 13.8. The Morgan fingerprint density at radius 3 is 2.63 bits per heavy atom. The molecule has 0 spiro atoms. The average Bonchev–Trinajstić information content (AvgIpc) is 2.43. The lowest BCUT2D eigenvalue weighted by Crippen LogP contribution is -2.55. The number of halogens is 2. The lowest BCUT2D eigenvalue weighted by atomic mass is 10.0. The van der Waals surface area contributed by atoms with Crippen molar-refractivity contribution in [3.05, 3.63) is 33.8 Å². The van der Waals surface area contributed by atoms with Gasteiger partial charge in [0.2, 0.25) is 0 Å². The minimum Gasteiger partial charge on any atom is -0.311 e. The fourth-order valence-electron chi connectivity index (χ4n) is 2.67. The van der Waals surface area contributed by atoms with E-state index in [0.717, 1.165) is 19.6 Å². The maximum absolute atomic E-state index is 6.09. The molecule has 0 amide bonds. The van der Waals surface area contributed by atoms with Crippen molar-refractivity contribution in [3.8, 4) is 0 Å². The van der Waals surface area contributed by atoms with Crippen LogP contribution in [0, 0.1) is 0 Å². The van der Waals surface area contributed by atoms with E-state index < -0.39 is 0 Å². The van der Waals surface area contributed by atoms with Crippen LogP contribution in [-0.2, 0) is 6.54 Å². The summed E-state index contributed by atoms with van der Waals surface area (Å²) in [7, 11) is 0. The molecule has 2 nitrogen and oxygen atoms in total. The SMILES string of the molecule is CCC1CN(Cc2ccc(Cl)c(Cl)c2)C(CC)CN1. The predicted molar refractivity (Wildman–Crippen MR) is 83.0 cm³/mol. The predicted octanol–water partition coefficient (Wildman–Crippen LogP) is 3.96. The Hall–Kier alpha value is -0.280. The Bertz CT molecular complexity index is 423. The highest BCUT2D eigenvalue weighted by atomic mass is 35.5. The first kappa shape index (κ1) is 15.1. The van der Waals surface area contributed by atoms with Gasteiger partial charge < -0.3 is 5.32 Å². The number of nitrogens with zero attached hydrogens (tertiary/aromatic N) is 1. The van der Waals surface area contributed by atoms with Gasteiger partial charge in [0.1, 0.15) is 0 Å². The van der Waals surface area contributed by atoms with Crippen molar-refractivity contribution in [1.82, 2.24) is 10.2 Å². The quantitative estimate of drug-likeness (QED) is 0.905. The van der Waals surface area contributed by atoms with Gasteiger partial charge in [-0.1, -0.05) is 43.1 Å². The molecule has 2 rings (SSSR count). The van der Waals surface area contributed by atoms with Crippen LogP contribution < -0.4 is 5.32 Å². The third kappa shape index (κ3) is 3.85. The molecule has 1 aromatic carbocycles. The Morgan fingerprint density at radius 2 is 2.00 bits per heavy atom. The standard InChI is InChI=1S/C15H22Cl2N2/c1-3-12-10-19(13(4-2)8-18-12)9-11-5-6-14(16)15(17)7-11/h5-7,12-13,18H,3-4,8-10H2,1-2H3. The molecule has 0 bridgehead atoms. The first-order chi connectivity index (χ1) is 9.13. The second-order valence-corrected chi connectivity index (χ2v) is 6.07. The van der Waals surface area contributed by atoms with E-state index in [-0.39, 0.29) is 0 Å². The summed E-state index contributed by atoms with van der Waals surface area (Å²) in [5.41, 5.74) is 1.24. The highest BCUT2D eigenvalue weighted by Gasteiger charge is 2.25. The van der Waals surface area contributed by atoms with Crippen molar-refractivity contribution < 1.29 is 0 Å². The number of rotatable bonds is 4. The smallest absolute Gasteiger partial charge is 0.0595 e. The van der Waals surface area contributed by atoms with E-state index in [2.05, 4.69) is 30.1 Å². The molecule has 0 radical (unpaired) electrons. The van der Waals surface area contributed by atoms with Crippen LogP contribution >= 0.6 is 23.2 Å². The summed E-state index contributed by atoms with van der Waals surface area (Å²) in [5.74, 6) is 0. The van der Waals surface area contributed by atoms with Crippen LogP contribution in [0.1, 0.15) is 32.3 Å². The molecule has 2 atom stereocenters. The molecule has 106 valence electrons. The van der Waals surface area contributed by atoms with Crippen LogP contribution in [0.3, 0.4) is 0 Å². The summed E-state index contributed by atoms with van der Waals surface area (Å²) >= 11 is 12.1. The lowest BCUT2D eigenvalue weighted by Gasteiger charge is -2.40. The highest BCUT2D eigenvalue weighted by Crippen LogP contribution is 2.24. The fourth-order valence-corrected chi connectivity index (χ4v) is 2.99. The van der Waals surface area contributed by atoms with E-state index in [0.29, 0.717) is 22.1 Å². The molecule has 1 saturated heterocycles. The Morgan fingerprint density at radius 1 is 1.21 bits per heavy atom. The van der Waals surface area contributed by atoms with Gasteiger partial charge in [-0.05, 0) is 30.5 Å². The highest BCUT2D eigenvalue weighted by molar-refractivity contribution is 6.42. The second kappa shape index (κ2) is 6.94. The number of piperazine rings is 1. The second-order valence-electron chi connectivity index (χ2n) is 5.25. The number of hydrogen-bond acceptors (Lipinski definition) is 2. The van der Waals surface area contributed by atoms with Crippen molar-refractivity contribution in [2.75, 3.05) is 13.1 Å². The van der Waals surface area contributed by atoms with Gasteiger partial charge in [-0.15, -0.1) is 0 Å². The van der Waals surface area contributed by atoms with Gasteiger partial charge in [0.15, 0.2) is 0 Å². The summed E-state index contributed by atoms with van der Waals surface area (Å²) in [6, 6.07) is 7.16. The van der Waals surface area contributed by atoms with E-state index in [1.165, 1.54) is 18.4 Å². The molecule has 2 unspecified atom stereocenters. The third-order valence-electron chi connectivity index (χ3n) is 3.95. The molecule has 1 N–H and O–H groups in total. The van der Waals surface area contributed by atoms with E-state index in [4.69, 9.17) is 23.2 Å². The molecule has 1 aliphatic heterocycles. The summed E-state index contributed by atoms with van der Waals surface area (Å²) in [6.07, 6.45) is 2.35. The van der Waals surface area contributed by atoms with Gasteiger partial charge in [-0.3, -0.25) is 4.90 Å². The molecule has 1 aliphatic rings. The van der Waals surface area contributed by atoms with Crippen molar-refractivity contribution in [2.45, 2.75) is 45.3 Å². The van der Waals surface area contributed by atoms with Gasteiger partial charge >= 0.3 is 0 Å². The average molecular weight is 301 g/mol. The van der Waals surface area contributed by atoms with Crippen molar-refractivity contribution in [3.63, 3.8) is 0 Å².